The lowest BCUT2D eigenvalue weighted by atomic mass is 9.92. The highest BCUT2D eigenvalue weighted by Gasteiger charge is 2.33. The van der Waals surface area contributed by atoms with E-state index >= 15 is 0 Å². The van der Waals surface area contributed by atoms with Gasteiger partial charge in [0, 0.05) is 19.2 Å². The highest BCUT2D eigenvalue weighted by atomic mass is 35.5. The second-order valence-corrected chi connectivity index (χ2v) is 5.97. The Morgan fingerprint density at radius 2 is 1.87 bits per heavy atom. The van der Waals surface area contributed by atoms with Gasteiger partial charge in [-0.2, -0.15) is 0 Å². The van der Waals surface area contributed by atoms with Gasteiger partial charge in [0.05, 0.1) is 4.92 Å². The van der Waals surface area contributed by atoms with E-state index in [1.807, 2.05) is 0 Å². The first-order valence-electron chi connectivity index (χ1n) is 7.50. The Labute approximate surface area is 139 Å². The molecule has 2 fully saturated rings. The van der Waals surface area contributed by atoms with Gasteiger partial charge in [-0.05, 0) is 49.9 Å². The number of carbonyl (C=O) groups is 1. The van der Waals surface area contributed by atoms with Crippen molar-refractivity contribution in [2.75, 3.05) is 26.2 Å². The fourth-order valence-corrected chi connectivity index (χ4v) is 3.43. The topological polar surface area (TPSA) is 75.5 Å². The molecule has 2 aliphatic rings. The number of nitrogens with one attached hydrogen (secondary N) is 1. The van der Waals surface area contributed by atoms with Gasteiger partial charge in [0.1, 0.15) is 11.4 Å². The summed E-state index contributed by atoms with van der Waals surface area (Å²) in [4.78, 5) is 24.6. The van der Waals surface area contributed by atoms with Crippen molar-refractivity contribution in [3.8, 4) is 0 Å². The van der Waals surface area contributed by atoms with Crippen LogP contribution in [0.4, 0.5) is 10.1 Å². The van der Waals surface area contributed by atoms with Crippen molar-refractivity contribution in [3.05, 3.63) is 39.7 Å². The molecule has 2 heterocycles. The molecule has 1 aromatic rings. The number of fused-ring (bicyclic) bond motifs is 1. The van der Waals surface area contributed by atoms with Crippen LogP contribution in [-0.4, -0.2) is 41.9 Å². The molecule has 0 bridgehead atoms. The van der Waals surface area contributed by atoms with Crippen LogP contribution in [0.25, 0.3) is 0 Å². The average Bonchev–Trinajstić information content (AvgIpc) is 2.85. The first-order chi connectivity index (χ1) is 10.6. The second-order valence-electron chi connectivity index (χ2n) is 5.97. The number of likely N-dealkylation sites (tertiary alicyclic amines) is 1. The molecule has 0 radical (unpaired) electrons. The van der Waals surface area contributed by atoms with E-state index in [1.165, 1.54) is 0 Å². The molecular weight excluding hydrogens is 325 g/mol. The zero-order chi connectivity index (χ0) is 15.7. The number of hydrogen-bond donors (Lipinski definition) is 1. The lowest BCUT2D eigenvalue weighted by molar-refractivity contribution is -0.385. The van der Waals surface area contributed by atoms with Crippen LogP contribution in [0.5, 0.6) is 0 Å². The van der Waals surface area contributed by atoms with Gasteiger partial charge >= 0.3 is 0 Å². The lowest BCUT2D eigenvalue weighted by Gasteiger charge is -2.21. The third-order valence-corrected chi connectivity index (χ3v) is 4.69. The molecule has 0 aliphatic carbocycles. The van der Waals surface area contributed by atoms with Gasteiger partial charge in [-0.3, -0.25) is 14.9 Å². The predicted octanol–water partition coefficient (Wildman–Crippen LogP) is 2.23. The van der Waals surface area contributed by atoms with E-state index in [0.717, 1.165) is 44.1 Å². The number of rotatable bonds is 2. The minimum absolute atomic E-state index is 0. The molecule has 0 unspecified atom stereocenters. The van der Waals surface area contributed by atoms with Gasteiger partial charge in [-0.15, -0.1) is 12.4 Å². The molecule has 0 aromatic heterocycles. The van der Waals surface area contributed by atoms with Crippen molar-refractivity contribution in [1.29, 1.82) is 0 Å². The Balaban J connectivity index is 0.00000192. The molecule has 2 atom stereocenters. The van der Waals surface area contributed by atoms with Crippen LogP contribution in [0.3, 0.4) is 0 Å². The van der Waals surface area contributed by atoms with Crippen molar-refractivity contribution in [1.82, 2.24) is 10.2 Å². The smallest absolute Gasteiger partial charge is 0.282 e. The van der Waals surface area contributed by atoms with Crippen LogP contribution in [0.15, 0.2) is 18.2 Å². The molecule has 1 N–H and O–H groups in total. The summed E-state index contributed by atoms with van der Waals surface area (Å²) < 4.78 is 13.4. The number of halogens is 2. The van der Waals surface area contributed by atoms with E-state index in [4.69, 9.17) is 0 Å². The lowest BCUT2D eigenvalue weighted by Crippen LogP contribution is -2.33. The molecule has 2 saturated heterocycles. The molecule has 3 rings (SSSR count). The van der Waals surface area contributed by atoms with E-state index in [0.29, 0.717) is 24.9 Å². The molecule has 1 amide bonds. The van der Waals surface area contributed by atoms with Gasteiger partial charge in [0.2, 0.25) is 0 Å². The molecule has 0 saturated carbocycles. The molecule has 126 valence electrons. The van der Waals surface area contributed by atoms with E-state index in [2.05, 4.69) is 5.32 Å². The maximum atomic E-state index is 13.4. The number of carbonyl (C=O) groups excluding carboxylic acids is 1. The molecule has 0 spiro atoms. The molecule has 2 aliphatic heterocycles. The van der Waals surface area contributed by atoms with Crippen molar-refractivity contribution in [2.24, 2.45) is 11.8 Å². The first kappa shape index (κ1) is 17.6. The highest BCUT2D eigenvalue weighted by Crippen LogP contribution is 2.29. The van der Waals surface area contributed by atoms with Gasteiger partial charge in [0.25, 0.3) is 11.6 Å². The fourth-order valence-electron chi connectivity index (χ4n) is 3.43. The monoisotopic (exact) mass is 343 g/mol. The zero-order valence-electron chi connectivity index (χ0n) is 12.5. The third-order valence-electron chi connectivity index (χ3n) is 4.69. The first-order valence-corrected chi connectivity index (χ1v) is 7.50. The van der Waals surface area contributed by atoms with Crippen molar-refractivity contribution < 1.29 is 14.1 Å². The van der Waals surface area contributed by atoms with Gasteiger partial charge < -0.3 is 10.2 Å². The van der Waals surface area contributed by atoms with Crippen molar-refractivity contribution in [2.45, 2.75) is 12.8 Å². The summed E-state index contributed by atoms with van der Waals surface area (Å²) in [6.07, 6.45) is 1.76. The molecule has 6 nitrogen and oxygen atoms in total. The molecular formula is C15H19ClFN3O3. The van der Waals surface area contributed by atoms with E-state index in [1.54, 1.807) is 4.90 Å². The Hall–Kier alpha value is -1.73. The maximum Gasteiger partial charge on any atom is 0.282 e. The third kappa shape index (κ3) is 3.61. The summed E-state index contributed by atoms with van der Waals surface area (Å²) >= 11 is 0. The SMILES string of the molecule is Cl.O=C(c1cc(F)ccc1[N+](=O)[O-])N1CC[C@@H]2CNC[C@@H]2CC1. The molecule has 1 aromatic carbocycles. The summed E-state index contributed by atoms with van der Waals surface area (Å²) in [5, 5.41) is 14.4. The summed E-state index contributed by atoms with van der Waals surface area (Å²) in [7, 11) is 0. The molecule has 8 heteroatoms. The second kappa shape index (κ2) is 7.23. The van der Waals surface area contributed by atoms with Crippen LogP contribution in [0.2, 0.25) is 0 Å². The largest absolute Gasteiger partial charge is 0.338 e. The van der Waals surface area contributed by atoms with Crippen LogP contribution < -0.4 is 5.32 Å². The minimum Gasteiger partial charge on any atom is -0.338 e. The summed E-state index contributed by atoms with van der Waals surface area (Å²) in [6, 6.07) is 3.03. The van der Waals surface area contributed by atoms with E-state index in [9.17, 15) is 19.3 Å². The normalized spacial score (nSPS) is 23.6. The Morgan fingerprint density at radius 1 is 1.26 bits per heavy atom. The Bertz CT molecular complexity index is 600. The van der Waals surface area contributed by atoms with E-state index < -0.39 is 16.6 Å². The van der Waals surface area contributed by atoms with Crippen LogP contribution in [0.1, 0.15) is 23.2 Å². The van der Waals surface area contributed by atoms with Crippen molar-refractivity contribution >= 4 is 24.0 Å². The van der Waals surface area contributed by atoms with Gasteiger partial charge in [-0.25, -0.2) is 4.39 Å². The summed E-state index contributed by atoms with van der Waals surface area (Å²) in [5.41, 5.74) is -0.493. The van der Waals surface area contributed by atoms with Gasteiger partial charge in [0.15, 0.2) is 0 Å². The number of nitro groups is 1. The highest BCUT2D eigenvalue weighted by molar-refractivity contribution is 5.98. The number of amides is 1. The number of nitro benzene ring substituents is 1. The van der Waals surface area contributed by atoms with Gasteiger partial charge in [-0.1, -0.05) is 0 Å². The summed E-state index contributed by atoms with van der Waals surface area (Å²) in [5.74, 6) is 0.0320. The fraction of sp³-hybridized carbons (Fsp3) is 0.533. The predicted molar refractivity (Wildman–Crippen MR) is 85.3 cm³/mol. The van der Waals surface area contributed by atoms with Crippen LogP contribution >= 0.6 is 12.4 Å². The minimum atomic E-state index is -0.636. The molecule has 23 heavy (non-hydrogen) atoms. The number of hydrogen-bond acceptors (Lipinski definition) is 4. The van der Waals surface area contributed by atoms with Crippen LogP contribution in [-0.2, 0) is 0 Å². The number of nitrogens with zero attached hydrogens (tertiary/aromatic N) is 2. The summed E-state index contributed by atoms with van der Waals surface area (Å²) in [6.45, 7) is 3.06. The Morgan fingerprint density at radius 3 is 2.43 bits per heavy atom. The standard InChI is InChI=1S/C15H18FN3O3.ClH/c16-12-1-2-14(19(21)22)13(7-12)15(20)18-5-3-10-8-17-9-11(10)4-6-18;/h1-2,7,10-11,17H,3-6,8-9H2;1H/t10-,11+;. The number of benzene rings is 1. The zero-order valence-corrected chi connectivity index (χ0v) is 13.4. The Kier molecular flexibility index (Phi) is 5.54. The maximum absolute atomic E-state index is 13.4. The average molecular weight is 344 g/mol. The van der Waals surface area contributed by atoms with Crippen molar-refractivity contribution in [3.63, 3.8) is 0 Å². The van der Waals surface area contributed by atoms with Crippen LogP contribution in [0, 0.1) is 27.8 Å². The van der Waals surface area contributed by atoms with E-state index in [-0.39, 0.29) is 23.7 Å². The quantitative estimate of drug-likeness (QED) is 0.660.